The number of fused-ring (bicyclic) bond motifs is 3. The van der Waals surface area contributed by atoms with Crippen LogP contribution in [0.25, 0.3) is 11.1 Å². The minimum atomic E-state index is -0.995. The molecule has 0 radical (unpaired) electrons. The van der Waals surface area contributed by atoms with Gasteiger partial charge in [0.1, 0.15) is 6.61 Å². The number of nitrogens with one attached hydrogen (secondary N) is 2. The van der Waals surface area contributed by atoms with Crippen molar-refractivity contribution >= 4 is 18.0 Å². The number of carbonyl (C=O) groups is 3. The highest BCUT2D eigenvalue weighted by Gasteiger charge is 2.47. The fourth-order valence-corrected chi connectivity index (χ4v) is 4.87. The summed E-state index contributed by atoms with van der Waals surface area (Å²) < 4.78 is 11.2. The number of amides is 2. The molecule has 2 unspecified atom stereocenters. The monoisotopic (exact) mass is 480 g/mol. The molecule has 0 bridgehead atoms. The summed E-state index contributed by atoms with van der Waals surface area (Å²) in [6.07, 6.45) is -0.672. The zero-order valence-corrected chi connectivity index (χ0v) is 20.3. The van der Waals surface area contributed by atoms with Crippen molar-refractivity contribution in [3.63, 3.8) is 0 Å². The van der Waals surface area contributed by atoms with E-state index in [0.29, 0.717) is 0 Å². The molecule has 3 N–H and O–H groups in total. The first-order chi connectivity index (χ1) is 16.6. The second-order valence-electron chi connectivity index (χ2n) is 10.4. The van der Waals surface area contributed by atoms with Crippen molar-refractivity contribution in [1.82, 2.24) is 10.6 Å². The Hall–Kier alpha value is -3.39. The van der Waals surface area contributed by atoms with Crippen molar-refractivity contribution in [3.05, 3.63) is 59.7 Å². The number of rotatable bonds is 8. The lowest BCUT2D eigenvalue weighted by Gasteiger charge is -2.31. The van der Waals surface area contributed by atoms with E-state index in [4.69, 9.17) is 14.6 Å². The first kappa shape index (κ1) is 24.7. The SMILES string of the molecule is CC(C)(CNC(=O)C1(C)COCC1NC(=O)OCC1c2ccccc2-c2ccccc21)CC(=O)O. The second-order valence-corrected chi connectivity index (χ2v) is 10.4. The molecule has 0 saturated carbocycles. The Morgan fingerprint density at radius 3 is 2.29 bits per heavy atom. The van der Waals surface area contributed by atoms with E-state index >= 15 is 0 Å². The summed E-state index contributed by atoms with van der Waals surface area (Å²) in [5.74, 6) is -1.27. The molecule has 4 rings (SSSR count). The molecular formula is C27H32N2O6. The van der Waals surface area contributed by atoms with Crippen LogP contribution in [-0.4, -0.2) is 55.5 Å². The van der Waals surface area contributed by atoms with Gasteiger partial charge in [-0.3, -0.25) is 9.59 Å². The van der Waals surface area contributed by atoms with Gasteiger partial charge in [0.25, 0.3) is 0 Å². The summed E-state index contributed by atoms with van der Waals surface area (Å²) in [5.41, 5.74) is 2.95. The van der Waals surface area contributed by atoms with Crippen LogP contribution in [0, 0.1) is 10.8 Å². The highest BCUT2D eigenvalue weighted by atomic mass is 16.5. The van der Waals surface area contributed by atoms with Crippen LogP contribution in [0.5, 0.6) is 0 Å². The highest BCUT2D eigenvalue weighted by molar-refractivity contribution is 5.85. The number of ether oxygens (including phenoxy) is 2. The maximum Gasteiger partial charge on any atom is 0.407 e. The summed E-state index contributed by atoms with van der Waals surface area (Å²) in [7, 11) is 0. The summed E-state index contributed by atoms with van der Waals surface area (Å²) in [5, 5.41) is 14.7. The van der Waals surface area contributed by atoms with Crippen molar-refractivity contribution in [2.45, 2.75) is 39.2 Å². The van der Waals surface area contributed by atoms with Crippen LogP contribution in [0.1, 0.15) is 44.2 Å². The van der Waals surface area contributed by atoms with Crippen molar-refractivity contribution in [2.24, 2.45) is 10.8 Å². The molecule has 1 aliphatic heterocycles. The molecule has 186 valence electrons. The summed E-state index contributed by atoms with van der Waals surface area (Å²) in [4.78, 5) is 36.8. The maximum atomic E-state index is 13.0. The molecule has 1 fully saturated rings. The first-order valence-corrected chi connectivity index (χ1v) is 11.8. The summed E-state index contributed by atoms with van der Waals surface area (Å²) >= 11 is 0. The zero-order chi connectivity index (χ0) is 25.2. The number of alkyl carbamates (subject to hydrolysis) is 1. The van der Waals surface area contributed by atoms with Crippen LogP contribution in [0.4, 0.5) is 4.79 Å². The summed E-state index contributed by atoms with van der Waals surface area (Å²) in [6.45, 7) is 6.00. The molecule has 2 aromatic carbocycles. The van der Waals surface area contributed by atoms with Gasteiger partial charge in [-0.2, -0.15) is 0 Å². The number of hydrogen-bond donors (Lipinski definition) is 3. The van der Waals surface area contributed by atoms with Crippen molar-refractivity contribution in [2.75, 3.05) is 26.4 Å². The van der Waals surface area contributed by atoms with Gasteiger partial charge in [-0.25, -0.2) is 4.79 Å². The number of aliphatic carboxylic acids is 1. The minimum absolute atomic E-state index is 0.0564. The number of hydrogen-bond acceptors (Lipinski definition) is 5. The van der Waals surface area contributed by atoms with Crippen LogP contribution < -0.4 is 10.6 Å². The van der Waals surface area contributed by atoms with Gasteiger partial charge in [0.2, 0.25) is 5.91 Å². The highest BCUT2D eigenvalue weighted by Crippen LogP contribution is 2.44. The third-order valence-corrected chi connectivity index (χ3v) is 6.97. The molecular weight excluding hydrogens is 448 g/mol. The van der Waals surface area contributed by atoms with E-state index in [1.165, 1.54) is 0 Å². The molecule has 2 amide bonds. The average molecular weight is 481 g/mol. The Bertz CT molecular complexity index is 1080. The minimum Gasteiger partial charge on any atom is -0.481 e. The molecule has 2 aliphatic rings. The Labute approximate surface area is 205 Å². The average Bonchev–Trinajstić information content (AvgIpc) is 3.34. The first-order valence-electron chi connectivity index (χ1n) is 11.8. The Morgan fingerprint density at radius 1 is 1.09 bits per heavy atom. The topological polar surface area (TPSA) is 114 Å². The standard InChI is InChI=1S/C27H32N2O6/c1-26(2,12-23(30)31)15-28-24(32)27(3)16-34-14-22(27)29-25(33)35-13-21-19-10-6-4-8-17(19)18-9-5-7-11-20(18)21/h4-11,21-22H,12-16H2,1-3H3,(H,28,32)(H,29,33)(H,30,31). The van der Waals surface area contributed by atoms with Gasteiger partial charge in [0, 0.05) is 12.5 Å². The molecule has 2 atom stereocenters. The number of carboxylic acid groups (broad SMARTS) is 1. The lowest BCUT2D eigenvalue weighted by molar-refractivity contribution is -0.140. The quantitative estimate of drug-likeness (QED) is 0.533. The van der Waals surface area contributed by atoms with Crippen LogP contribution >= 0.6 is 0 Å². The molecule has 1 aliphatic carbocycles. The second kappa shape index (κ2) is 9.70. The number of benzene rings is 2. The van der Waals surface area contributed by atoms with Gasteiger partial charge in [-0.1, -0.05) is 62.4 Å². The lowest BCUT2D eigenvalue weighted by atomic mass is 9.83. The normalized spacial score (nSPS) is 21.2. The fourth-order valence-electron chi connectivity index (χ4n) is 4.87. The molecule has 1 heterocycles. The molecule has 8 heteroatoms. The molecule has 0 spiro atoms. The van der Waals surface area contributed by atoms with E-state index in [0.717, 1.165) is 22.3 Å². The van der Waals surface area contributed by atoms with Gasteiger partial charge in [0.05, 0.1) is 31.1 Å². The van der Waals surface area contributed by atoms with Crippen molar-refractivity contribution in [3.8, 4) is 11.1 Å². The maximum absolute atomic E-state index is 13.0. The smallest absolute Gasteiger partial charge is 0.407 e. The largest absolute Gasteiger partial charge is 0.481 e. The van der Waals surface area contributed by atoms with E-state index in [2.05, 4.69) is 34.9 Å². The number of carboxylic acids is 1. The van der Waals surface area contributed by atoms with Crippen molar-refractivity contribution < 1.29 is 29.0 Å². The predicted octanol–water partition coefficient (Wildman–Crippen LogP) is 3.55. The van der Waals surface area contributed by atoms with E-state index < -0.39 is 28.9 Å². The summed E-state index contributed by atoms with van der Waals surface area (Å²) in [6, 6.07) is 15.7. The number of carbonyl (C=O) groups excluding carboxylic acids is 2. The van der Waals surface area contributed by atoms with Crippen LogP contribution in [0.3, 0.4) is 0 Å². The molecule has 8 nitrogen and oxygen atoms in total. The van der Waals surface area contributed by atoms with Gasteiger partial charge < -0.3 is 25.2 Å². The Morgan fingerprint density at radius 2 is 1.69 bits per heavy atom. The van der Waals surface area contributed by atoms with E-state index in [-0.39, 0.29) is 44.6 Å². The van der Waals surface area contributed by atoms with Gasteiger partial charge >= 0.3 is 12.1 Å². The molecule has 0 aromatic heterocycles. The molecule has 35 heavy (non-hydrogen) atoms. The van der Waals surface area contributed by atoms with Crippen molar-refractivity contribution in [1.29, 1.82) is 0 Å². The predicted molar refractivity (Wildman–Crippen MR) is 130 cm³/mol. The van der Waals surface area contributed by atoms with Gasteiger partial charge in [-0.05, 0) is 34.6 Å². The fraction of sp³-hybridized carbons (Fsp3) is 0.444. The Kier molecular flexibility index (Phi) is 6.85. The third-order valence-electron chi connectivity index (χ3n) is 6.97. The zero-order valence-electron chi connectivity index (χ0n) is 20.3. The van der Waals surface area contributed by atoms with E-state index in [9.17, 15) is 14.4 Å². The molecule has 1 saturated heterocycles. The van der Waals surface area contributed by atoms with Gasteiger partial charge in [-0.15, -0.1) is 0 Å². The van der Waals surface area contributed by atoms with Crippen LogP contribution in [-0.2, 0) is 19.1 Å². The van der Waals surface area contributed by atoms with Gasteiger partial charge in [0.15, 0.2) is 0 Å². The van der Waals surface area contributed by atoms with Crippen LogP contribution in [0.2, 0.25) is 0 Å². The third kappa shape index (κ3) is 5.17. The van der Waals surface area contributed by atoms with Crippen LogP contribution in [0.15, 0.2) is 48.5 Å². The lowest BCUT2D eigenvalue weighted by Crippen LogP contribution is -2.54. The van der Waals surface area contributed by atoms with E-state index in [1.54, 1.807) is 20.8 Å². The van der Waals surface area contributed by atoms with E-state index in [1.807, 2.05) is 24.3 Å². The molecule has 2 aromatic rings. The Balaban J connectivity index is 1.37.